The normalized spacial score (nSPS) is 18.0. The largest absolute Gasteiger partial charge is 0.296 e. The quantitative estimate of drug-likeness (QED) is 0.863. The van der Waals surface area contributed by atoms with Crippen LogP contribution in [0.15, 0.2) is 42.7 Å². The van der Waals surface area contributed by atoms with Crippen molar-refractivity contribution in [3.05, 3.63) is 53.9 Å². The molecule has 1 aliphatic rings. The van der Waals surface area contributed by atoms with Gasteiger partial charge in [0.25, 0.3) is 0 Å². The molecule has 114 valence electrons. The molecular formula is C17H21N5. The molecule has 5 heteroatoms. The number of piperazine rings is 1. The Morgan fingerprint density at radius 1 is 1.18 bits per heavy atom. The molecular weight excluding hydrogens is 274 g/mol. The summed E-state index contributed by atoms with van der Waals surface area (Å²) in [5.74, 6) is 0. The molecule has 0 saturated carbocycles. The van der Waals surface area contributed by atoms with E-state index in [1.54, 1.807) is 0 Å². The average Bonchev–Trinajstić information content (AvgIpc) is 2.96. The Morgan fingerprint density at radius 2 is 1.91 bits per heavy atom. The van der Waals surface area contributed by atoms with E-state index < -0.39 is 0 Å². The maximum absolute atomic E-state index is 9.52. The van der Waals surface area contributed by atoms with Gasteiger partial charge in [0, 0.05) is 51.5 Å². The summed E-state index contributed by atoms with van der Waals surface area (Å²) in [6.07, 6.45) is 3.99. The van der Waals surface area contributed by atoms with Crippen molar-refractivity contribution in [3.8, 4) is 6.07 Å². The first-order valence-electron chi connectivity index (χ1n) is 7.65. The molecule has 5 nitrogen and oxygen atoms in total. The van der Waals surface area contributed by atoms with Gasteiger partial charge in [-0.2, -0.15) is 10.4 Å². The number of nitriles is 1. The summed E-state index contributed by atoms with van der Waals surface area (Å²) in [5, 5.41) is 13.7. The van der Waals surface area contributed by atoms with Crippen LogP contribution in [0.3, 0.4) is 0 Å². The SMILES string of the molecule is Cn1cc(CN2CCN([C@H](C#N)c3ccccc3)CC2)cn1. The van der Waals surface area contributed by atoms with Crippen LogP contribution < -0.4 is 0 Å². The van der Waals surface area contributed by atoms with Crippen LogP contribution >= 0.6 is 0 Å². The standard InChI is InChI=1S/C17H21N5/c1-20-13-15(12-19-20)14-21-7-9-22(10-8-21)17(11-18)16-5-3-2-4-6-16/h2-6,12-13,17H,7-10,14H2,1H3/t17-/m1/s1. The summed E-state index contributed by atoms with van der Waals surface area (Å²) in [7, 11) is 1.94. The summed E-state index contributed by atoms with van der Waals surface area (Å²) in [4.78, 5) is 4.70. The van der Waals surface area contributed by atoms with Crippen molar-refractivity contribution in [1.82, 2.24) is 19.6 Å². The minimum absolute atomic E-state index is 0.137. The van der Waals surface area contributed by atoms with Gasteiger partial charge in [0.2, 0.25) is 0 Å². The highest BCUT2D eigenvalue weighted by atomic mass is 15.3. The van der Waals surface area contributed by atoms with Gasteiger partial charge < -0.3 is 0 Å². The number of aromatic nitrogens is 2. The Kier molecular flexibility index (Phi) is 4.52. The molecule has 3 rings (SSSR count). The van der Waals surface area contributed by atoms with Crippen LogP contribution in [0, 0.1) is 11.3 Å². The van der Waals surface area contributed by atoms with E-state index in [-0.39, 0.29) is 6.04 Å². The topological polar surface area (TPSA) is 48.1 Å². The highest BCUT2D eigenvalue weighted by Gasteiger charge is 2.24. The Hall–Kier alpha value is -2.16. The first-order valence-corrected chi connectivity index (χ1v) is 7.65. The number of hydrogen-bond donors (Lipinski definition) is 0. The zero-order valence-electron chi connectivity index (χ0n) is 12.9. The van der Waals surface area contributed by atoms with Gasteiger partial charge in [0.05, 0.1) is 12.3 Å². The summed E-state index contributed by atoms with van der Waals surface area (Å²) < 4.78 is 1.84. The van der Waals surface area contributed by atoms with Crippen LogP contribution in [0.5, 0.6) is 0 Å². The predicted molar refractivity (Wildman–Crippen MR) is 84.9 cm³/mol. The average molecular weight is 295 g/mol. The fraction of sp³-hybridized carbons (Fsp3) is 0.412. The maximum Gasteiger partial charge on any atom is 0.123 e. The van der Waals surface area contributed by atoms with Gasteiger partial charge in [-0.15, -0.1) is 0 Å². The molecule has 0 radical (unpaired) electrons. The Morgan fingerprint density at radius 3 is 2.50 bits per heavy atom. The van der Waals surface area contributed by atoms with E-state index in [2.05, 4.69) is 27.2 Å². The lowest BCUT2D eigenvalue weighted by Gasteiger charge is -2.36. The summed E-state index contributed by atoms with van der Waals surface area (Å²) in [6.45, 7) is 4.75. The van der Waals surface area contributed by atoms with E-state index in [1.807, 2.05) is 48.3 Å². The lowest BCUT2D eigenvalue weighted by atomic mass is 10.1. The molecule has 1 aromatic heterocycles. The molecule has 0 spiro atoms. The third-order valence-corrected chi connectivity index (χ3v) is 4.17. The van der Waals surface area contributed by atoms with Gasteiger partial charge in [-0.25, -0.2) is 0 Å². The van der Waals surface area contributed by atoms with Gasteiger partial charge in [0.1, 0.15) is 6.04 Å². The van der Waals surface area contributed by atoms with Gasteiger partial charge >= 0.3 is 0 Å². The monoisotopic (exact) mass is 295 g/mol. The first kappa shape index (κ1) is 14.8. The van der Waals surface area contributed by atoms with Crippen molar-refractivity contribution >= 4 is 0 Å². The molecule has 1 aromatic carbocycles. The van der Waals surface area contributed by atoms with Crippen LogP contribution in [0.4, 0.5) is 0 Å². The fourth-order valence-electron chi connectivity index (χ4n) is 2.99. The lowest BCUT2D eigenvalue weighted by Crippen LogP contribution is -2.46. The third-order valence-electron chi connectivity index (χ3n) is 4.17. The number of nitrogens with zero attached hydrogens (tertiary/aromatic N) is 5. The second-order valence-corrected chi connectivity index (χ2v) is 5.78. The highest BCUT2D eigenvalue weighted by Crippen LogP contribution is 2.21. The Balaban J connectivity index is 1.58. The maximum atomic E-state index is 9.52. The molecule has 1 atom stereocenters. The van der Waals surface area contributed by atoms with Crippen molar-refractivity contribution in [1.29, 1.82) is 5.26 Å². The molecule has 22 heavy (non-hydrogen) atoms. The van der Waals surface area contributed by atoms with E-state index in [4.69, 9.17) is 0 Å². The number of benzene rings is 1. The number of rotatable bonds is 4. The molecule has 0 unspecified atom stereocenters. The molecule has 1 fully saturated rings. The molecule has 0 bridgehead atoms. The zero-order valence-corrected chi connectivity index (χ0v) is 12.9. The third kappa shape index (κ3) is 3.35. The predicted octanol–water partition coefficient (Wildman–Crippen LogP) is 1.80. The van der Waals surface area contributed by atoms with Crippen molar-refractivity contribution in [3.63, 3.8) is 0 Å². The lowest BCUT2D eigenvalue weighted by molar-refractivity contribution is 0.109. The fourth-order valence-corrected chi connectivity index (χ4v) is 2.99. The van der Waals surface area contributed by atoms with Crippen LogP contribution in [-0.2, 0) is 13.6 Å². The first-order chi connectivity index (χ1) is 10.8. The molecule has 1 aliphatic heterocycles. The second kappa shape index (κ2) is 6.73. The molecule has 0 aliphatic carbocycles. The number of aryl methyl sites for hydroxylation is 1. The van der Waals surface area contributed by atoms with Crippen LogP contribution in [0.25, 0.3) is 0 Å². The molecule has 0 N–H and O–H groups in total. The molecule has 0 amide bonds. The second-order valence-electron chi connectivity index (χ2n) is 5.78. The van der Waals surface area contributed by atoms with Crippen molar-refractivity contribution in [2.75, 3.05) is 26.2 Å². The van der Waals surface area contributed by atoms with E-state index in [1.165, 1.54) is 5.56 Å². The van der Waals surface area contributed by atoms with E-state index >= 15 is 0 Å². The Bertz CT molecular complexity index is 635. The van der Waals surface area contributed by atoms with Gasteiger partial charge in [0.15, 0.2) is 0 Å². The summed E-state index contributed by atoms with van der Waals surface area (Å²) >= 11 is 0. The molecule has 2 heterocycles. The van der Waals surface area contributed by atoms with E-state index in [0.29, 0.717) is 0 Å². The molecule has 2 aromatic rings. The van der Waals surface area contributed by atoms with Crippen LogP contribution in [0.2, 0.25) is 0 Å². The van der Waals surface area contributed by atoms with Crippen molar-refractivity contribution in [2.24, 2.45) is 7.05 Å². The van der Waals surface area contributed by atoms with Crippen LogP contribution in [0.1, 0.15) is 17.2 Å². The zero-order chi connectivity index (χ0) is 15.4. The summed E-state index contributed by atoms with van der Waals surface area (Å²) in [5.41, 5.74) is 2.33. The van der Waals surface area contributed by atoms with Crippen LogP contribution in [-0.4, -0.2) is 45.8 Å². The number of hydrogen-bond acceptors (Lipinski definition) is 4. The van der Waals surface area contributed by atoms with E-state index in [0.717, 1.165) is 38.3 Å². The van der Waals surface area contributed by atoms with E-state index in [9.17, 15) is 5.26 Å². The van der Waals surface area contributed by atoms with Crippen molar-refractivity contribution in [2.45, 2.75) is 12.6 Å². The van der Waals surface area contributed by atoms with Gasteiger partial charge in [-0.05, 0) is 5.56 Å². The highest BCUT2D eigenvalue weighted by molar-refractivity contribution is 5.24. The van der Waals surface area contributed by atoms with Crippen molar-refractivity contribution < 1.29 is 0 Å². The Labute approximate surface area is 131 Å². The smallest absolute Gasteiger partial charge is 0.123 e. The minimum atomic E-state index is -0.137. The summed E-state index contributed by atoms with van der Waals surface area (Å²) in [6, 6.07) is 12.4. The molecule has 1 saturated heterocycles. The van der Waals surface area contributed by atoms with Gasteiger partial charge in [-0.1, -0.05) is 30.3 Å². The van der Waals surface area contributed by atoms with Gasteiger partial charge in [-0.3, -0.25) is 14.5 Å². The minimum Gasteiger partial charge on any atom is -0.296 e.